The van der Waals surface area contributed by atoms with Crippen molar-refractivity contribution in [2.24, 2.45) is 0 Å². The molecule has 0 aliphatic heterocycles. The fourth-order valence-corrected chi connectivity index (χ4v) is 2.84. The summed E-state index contributed by atoms with van der Waals surface area (Å²) in [5.41, 5.74) is 3.28. The van der Waals surface area contributed by atoms with Crippen LogP contribution in [-0.4, -0.2) is 27.5 Å². The maximum Gasteiger partial charge on any atom is 0.257 e. The van der Waals surface area contributed by atoms with Gasteiger partial charge < -0.3 is 10.6 Å². The molecule has 0 radical (unpaired) electrons. The van der Waals surface area contributed by atoms with Crippen molar-refractivity contribution in [2.45, 2.75) is 46.6 Å². The van der Waals surface area contributed by atoms with Crippen LogP contribution in [0.25, 0.3) is 0 Å². The Kier molecular flexibility index (Phi) is 7.21. The average Bonchev–Trinajstić information content (AvgIpc) is 2.88. The van der Waals surface area contributed by atoms with E-state index in [-0.39, 0.29) is 24.1 Å². The molecule has 0 unspecified atom stereocenters. The molecular weight excluding hydrogens is 352 g/mol. The van der Waals surface area contributed by atoms with Gasteiger partial charge in [-0.05, 0) is 32.4 Å². The molecule has 0 saturated heterocycles. The molecule has 0 saturated carbocycles. The van der Waals surface area contributed by atoms with Crippen molar-refractivity contribution in [3.63, 3.8) is 0 Å². The summed E-state index contributed by atoms with van der Waals surface area (Å²) in [5, 5.41) is 10.2. The zero-order valence-corrected chi connectivity index (χ0v) is 16.2. The van der Waals surface area contributed by atoms with Gasteiger partial charge in [0.1, 0.15) is 0 Å². The normalized spacial score (nSPS) is 10.6. The Hall–Kier alpha value is -2.34. The molecule has 2 N–H and O–H groups in total. The van der Waals surface area contributed by atoms with Gasteiger partial charge in [-0.15, -0.1) is 11.6 Å². The van der Waals surface area contributed by atoms with E-state index in [1.54, 1.807) is 24.3 Å². The summed E-state index contributed by atoms with van der Waals surface area (Å²) >= 11 is 5.60. The fraction of sp³-hybridized carbons (Fsp3) is 0.421. The molecule has 2 aromatic rings. The van der Waals surface area contributed by atoms with Crippen LogP contribution in [0.1, 0.15) is 47.9 Å². The lowest BCUT2D eigenvalue weighted by atomic mass is 10.1. The van der Waals surface area contributed by atoms with Crippen LogP contribution in [0, 0.1) is 13.8 Å². The Morgan fingerprint density at radius 3 is 2.62 bits per heavy atom. The average molecular weight is 377 g/mol. The minimum atomic E-state index is -0.284. The van der Waals surface area contributed by atoms with E-state index in [0.717, 1.165) is 30.8 Å². The van der Waals surface area contributed by atoms with Crippen molar-refractivity contribution in [1.82, 2.24) is 9.78 Å². The summed E-state index contributed by atoms with van der Waals surface area (Å²) in [5.74, 6) is -0.275. The molecule has 6 nitrogen and oxygen atoms in total. The number of hydrogen-bond acceptors (Lipinski definition) is 3. The maximum atomic E-state index is 12.8. The number of rotatable bonds is 8. The predicted molar refractivity (Wildman–Crippen MR) is 105 cm³/mol. The summed E-state index contributed by atoms with van der Waals surface area (Å²) in [6, 6.07) is 6.91. The van der Waals surface area contributed by atoms with E-state index in [9.17, 15) is 9.59 Å². The topological polar surface area (TPSA) is 76.0 Å². The highest BCUT2D eigenvalue weighted by atomic mass is 35.5. The number of carbonyl (C=O) groups excluding carboxylic acids is 2. The van der Waals surface area contributed by atoms with Crippen molar-refractivity contribution < 1.29 is 9.59 Å². The number of benzene rings is 1. The summed E-state index contributed by atoms with van der Waals surface area (Å²) in [6.45, 7) is 6.77. The van der Waals surface area contributed by atoms with E-state index in [2.05, 4.69) is 22.7 Å². The Labute approximate surface area is 158 Å². The molecule has 2 amide bonds. The molecular formula is C19H25ClN4O2. The number of anilines is 2. The third kappa shape index (κ3) is 4.85. The quantitative estimate of drug-likeness (QED) is 0.680. The first kappa shape index (κ1) is 20.0. The van der Waals surface area contributed by atoms with Crippen LogP contribution in [0.4, 0.5) is 11.4 Å². The third-order valence-electron chi connectivity index (χ3n) is 4.11. The van der Waals surface area contributed by atoms with E-state index >= 15 is 0 Å². The fourth-order valence-electron chi connectivity index (χ4n) is 2.67. The Morgan fingerprint density at radius 1 is 1.19 bits per heavy atom. The van der Waals surface area contributed by atoms with Gasteiger partial charge in [0, 0.05) is 18.8 Å². The van der Waals surface area contributed by atoms with Gasteiger partial charge in [0.25, 0.3) is 5.91 Å². The number of amides is 2. The second-order valence-corrected chi connectivity index (χ2v) is 6.49. The van der Waals surface area contributed by atoms with Crippen LogP contribution in [-0.2, 0) is 11.3 Å². The van der Waals surface area contributed by atoms with E-state index in [4.69, 9.17) is 11.6 Å². The van der Waals surface area contributed by atoms with Crippen molar-refractivity contribution in [3.8, 4) is 0 Å². The second-order valence-electron chi connectivity index (χ2n) is 6.11. The van der Waals surface area contributed by atoms with Crippen molar-refractivity contribution in [1.29, 1.82) is 0 Å². The largest absolute Gasteiger partial charge is 0.325 e. The zero-order chi connectivity index (χ0) is 19.1. The first-order valence-electron chi connectivity index (χ1n) is 8.78. The van der Waals surface area contributed by atoms with Crippen molar-refractivity contribution in [3.05, 3.63) is 41.2 Å². The van der Waals surface area contributed by atoms with Gasteiger partial charge in [-0.25, -0.2) is 0 Å². The standard InChI is InChI=1S/C19H25ClN4O2/c1-4-5-12-24-14(3)18(13(2)23-24)22-19(26)15-8-6-7-9-16(15)21-17(25)10-11-20/h6-9H,4-5,10-12H2,1-3H3,(H,21,25)(H,22,26). The molecule has 2 rings (SSSR count). The minimum absolute atomic E-state index is 0.194. The summed E-state index contributed by atoms with van der Waals surface area (Å²) in [4.78, 5) is 24.6. The number of para-hydroxylation sites is 1. The molecule has 0 fully saturated rings. The Balaban J connectivity index is 2.21. The van der Waals surface area contributed by atoms with Gasteiger partial charge in [0.05, 0.1) is 28.3 Å². The van der Waals surface area contributed by atoms with Gasteiger partial charge in [-0.2, -0.15) is 5.10 Å². The lowest BCUT2D eigenvalue weighted by Gasteiger charge is -2.11. The molecule has 0 bridgehead atoms. The predicted octanol–water partition coefficient (Wildman–Crippen LogP) is 4.12. The molecule has 1 heterocycles. The number of alkyl halides is 1. The van der Waals surface area contributed by atoms with Crippen LogP contribution < -0.4 is 10.6 Å². The number of halogens is 1. The highest BCUT2D eigenvalue weighted by Gasteiger charge is 2.18. The summed E-state index contributed by atoms with van der Waals surface area (Å²) < 4.78 is 1.92. The van der Waals surface area contributed by atoms with Gasteiger partial charge in [0.2, 0.25) is 5.91 Å². The van der Waals surface area contributed by atoms with Crippen LogP contribution in [0.2, 0.25) is 0 Å². The number of carbonyl (C=O) groups is 2. The van der Waals surface area contributed by atoms with E-state index in [0.29, 0.717) is 16.9 Å². The van der Waals surface area contributed by atoms with Gasteiger partial charge >= 0.3 is 0 Å². The summed E-state index contributed by atoms with van der Waals surface area (Å²) in [6.07, 6.45) is 2.31. The van der Waals surface area contributed by atoms with E-state index in [1.807, 2.05) is 18.5 Å². The van der Waals surface area contributed by atoms with Crippen LogP contribution in [0.15, 0.2) is 24.3 Å². The van der Waals surface area contributed by atoms with Crippen molar-refractivity contribution in [2.75, 3.05) is 16.5 Å². The molecule has 26 heavy (non-hydrogen) atoms. The number of aromatic nitrogens is 2. The molecule has 0 atom stereocenters. The van der Waals surface area contributed by atoms with Crippen LogP contribution in [0.5, 0.6) is 0 Å². The number of aryl methyl sites for hydroxylation is 2. The molecule has 7 heteroatoms. The first-order valence-corrected chi connectivity index (χ1v) is 9.31. The molecule has 0 aliphatic carbocycles. The SMILES string of the molecule is CCCCn1nc(C)c(NC(=O)c2ccccc2NC(=O)CCCl)c1C. The second kappa shape index (κ2) is 9.38. The number of nitrogens with zero attached hydrogens (tertiary/aromatic N) is 2. The smallest absolute Gasteiger partial charge is 0.257 e. The van der Waals surface area contributed by atoms with Gasteiger partial charge in [-0.1, -0.05) is 25.5 Å². The van der Waals surface area contributed by atoms with Crippen LogP contribution >= 0.6 is 11.6 Å². The Bertz CT molecular complexity index is 786. The Morgan fingerprint density at radius 2 is 1.92 bits per heavy atom. The lowest BCUT2D eigenvalue weighted by Crippen LogP contribution is -2.18. The van der Waals surface area contributed by atoms with Gasteiger partial charge in [-0.3, -0.25) is 14.3 Å². The molecule has 1 aromatic heterocycles. The number of hydrogen-bond donors (Lipinski definition) is 2. The molecule has 0 aliphatic rings. The lowest BCUT2D eigenvalue weighted by molar-refractivity contribution is -0.115. The maximum absolute atomic E-state index is 12.8. The van der Waals surface area contributed by atoms with E-state index in [1.165, 1.54) is 0 Å². The van der Waals surface area contributed by atoms with Crippen LogP contribution in [0.3, 0.4) is 0 Å². The highest BCUT2D eigenvalue weighted by Crippen LogP contribution is 2.23. The van der Waals surface area contributed by atoms with E-state index < -0.39 is 0 Å². The molecule has 140 valence electrons. The minimum Gasteiger partial charge on any atom is -0.325 e. The monoisotopic (exact) mass is 376 g/mol. The number of nitrogens with one attached hydrogen (secondary N) is 2. The van der Waals surface area contributed by atoms with Crippen molar-refractivity contribution >= 4 is 34.8 Å². The molecule has 0 spiro atoms. The zero-order valence-electron chi connectivity index (χ0n) is 15.4. The molecule has 1 aromatic carbocycles. The number of unbranched alkanes of at least 4 members (excludes halogenated alkanes) is 1. The highest BCUT2D eigenvalue weighted by molar-refractivity contribution is 6.19. The van der Waals surface area contributed by atoms with Gasteiger partial charge in [0.15, 0.2) is 0 Å². The third-order valence-corrected chi connectivity index (χ3v) is 4.30. The first-order chi connectivity index (χ1) is 12.5. The summed E-state index contributed by atoms with van der Waals surface area (Å²) in [7, 11) is 0.